The van der Waals surface area contributed by atoms with Crippen LogP contribution in [0.3, 0.4) is 0 Å². The first-order chi connectivity index (χ1) is 10.3. The Balaban J connectivity index is 2.83. The van der Waals surface area contributed by atoms with Crippen molar-refractivity contribution in [3.05, 3.63) is 0 Å². The topological polar surface area (TPSA) is 52.6 Å². The van der Waals surface area contributed by atoms with Gasteiger partial charge in [0.2, 0.25) is 0 Å². The summed E-state index contributed by atoms with van der Waals surface area (Å²) >= 11 is 0. The maximum absolute atomic E-state index is 13.3. The van der Waals surface area contributed by atoms with Crippen LogP contribution in [0.15, 0.2) is 0 Å². The molecule has 4 nitrogen and oxygen atoms in total. The lowest BCUT2D eigenvalue weighted by atomic mass is 9.90. The molecule has 4 atom stereocenters. The van der Waals surface area contributed by atoms with E-state index in [2.05, 4.69) is 34.6 Å². The third-order valence-electron chi connectivity index (χ3n) is 4.73. The summed E-state index contributed by atoms with van der Waals surface area (Å²) in [6.07, 6.45) is 3.92. The average Bonchev–Trinajstić information content (AvgIpc) is 2.52. The summed E-state index contributed by atoms with van der Waals surface area (Å²) in [5, 5.41) is 0. The van der Waals surface area contributed by atoms with Crippen LogP contribution in [0.4, 0.5) is 0 Å². The van der Waals surface area contributed by atoms with E-state index in [1.807, 2.05) is 0 Å². The SMILES string of the molecule is CC[C@H](C)COP(=O)(OC[C@@H](C)CC)C1CC(C)CCC1=O. The number of carbonyl (C=O) groups is 1. The van der Waals surface area contributed by atoms with Crippen molar-refractivity contribution in [3.63, 3.8) is 0 Å². The Morgan fingerprint density at radius 2 is 1.64 bits per heavy atom. The van der Waals surface area contributed by atoms with Crippen LogP contribution in [-0.4, -0.2) is 24.7 Å². The zero-order valence-corrected chi connectivity index (χ0v) is 15.7. The Bertz CT molecular complexity index is 378. The molecule has 1 aliphatic rings. The van der Waals surface area contributed by atoms with Crippen molar-refractivity contribution >= 4 is 13.4 Å². The molecule has 1 aliphatic carbocycles. The van der Waals surface area contributed by atoms with Crippen molar-refractivity contribution in [1.29, 1.82) is 0 Å². The molecule has 0 spiro atoms. The van der Waals surface area contributed by atoms with Crippen LogP contribution in [-0.2, 0) is 18.4 Å². The first kappa shape index (κ1) is 19.9. The van der Waals surface area contributed by atoms with Gasteiger partial charge in [0.25, 0.3) is 0 Å². The molecule has 0 saturated heterocycles. The monoisotopic (exact) mass is 332 g/mol. The van der Waals surface area contributed by atoms with Crippen LogP contribution in [0.1, 0.15) is 66.7 Å². The molecular formula is C17H33O4P. The van der Waals surface area contributed by atoms with Crippen molar-refractivity contribution in [3.8, 4) is 0 Å². The molecule has 1 saturated carbocycles. The molecule has 0 aliphatic heterocycles. The molecule has 5 heteroatoms. The summed E-state index contributed by atoms with van der Waals surface area (Å²) in [7, 11) is -3.37. The Hall–Kier alpha value is -0.180. The molecule has 1 fully saturated rings. The minimum absolute atomic E-state index is 0.0507. The van der Waals surface area contributed by atoms with Crippen LogP contribution in [0, 0.1) is 17.8 Å². The molecular weight excluding hydrogens is 299 g/mol. The van der Waals surface area contributed by atoms with Gasteiger partial charge in [0.05, 0.1) is 13.2 Å². The minimum atomic E-state index is -3.37. The fourth-order valence-electron chi connectivity index (χ4n) is 2.41. The van der Waals surface area contributed by atoms with E-state index in [0.717, 1.165) is 19.3 Å². The van der Waals surface area contributed by atoms with E-state index in [4.69, 9.17) is 9.05 Å². The van der Waals surface area contributed by atoms with Gasteiger partial charge in [-0.15, -0.1) is 0 Å². The third kappa shape index (κ3) is 5.79. The van der Waals surface area contributed by atoms with E-state index in [9.17, 15) is 9.36 Å². The van der Waals surface area contributed by atoms with Crippen LogP contribution in [0.25, 0.3) is 0 Å². The molecule has 0 amide bonds. The van der Waals surface area contributed by atoms with Gasteiger partial charge in [-0.1, -0.05) is 47.5 Å². The zero-order chi connectivity index (χ0) is 16.8. The van der Waals surface area contributed by atoms with Crippen molar-refractivity contribution < 1.29 is 18.4 Å². The highest BCUT2D eigenvalue weighted by Crippen LogP contribution is 2.57. The van der Waals surface area contributed by atoms with Crippen molar-refractivity contribution in [1.82, 2.24) is 0 Å². The highest BCUT2D eigenvalue weighted by Gasteiger charge is 2.44. The Morgan fingerprint density at radius 1 is 1.14 bits per heavy atom. The first-order valence-electron chi connectivity index (χ1n) is 8.73. The Morgan fingerprint density at radius 3 is 2.09 bits per heavy atom. The fourth-order valence-corrected chi connectivity index (χ4v) is 4.87. The van der Waals surface area contributed by atoms with Gasteiger partial charge in [-0.2, -0.15) is 0 Å². The smallest absolute Gasteiger partial charge is 0.308 e. The number of rotatable bonds is 9. The summed E-state index contributed by atoms with van der Waals surface area (Å²) < 4.78 is 24.8. The second-order valence-corrected chi connectivity index (χ2v) is 9.24. The molecule has 0 N–H and O–H groups in total. The molecule has 0 bridgehead atoms. The summed E-state index contributed by atoms with van der Waals surface area (Å²) in [5.74, 6) is 1.08. The molecule has 1 rings (SSSR count). The van der Waals surface area contributed by atoms with E-state index in [1.165, 1.54) is 0 Å². The minimum Gasteiger partial charge on any atom is -0.308 e. The predicted octanol–water partition coefficient (Wildman–Crippen LogP) is 5.06. The summed E-state index contributed by atoms with van der Waals surface area (Å²) in [6, 6.07) is 0. The summed E-state index contributed by atoms with van der Waals surface area (Å²) in [6.45, 7) is 11.2. The third-order valence-corrected chi connectivity index (χ3v) is 7.01. The standard InChI is InChI=1S/C17H33O4P/c1-6-13(3)11-20-22(19,21-12-14(4)7-2)17-10-15(5)8-9-16(17)18/h13-15,17H,6-12H2,1-5H3/t13-,14-,15?,17?/m0/s1. The highest BCUT2D eigenvalue weighted by atomic mass is 31.2. The second-order valence-electron chi connectivity index (χ2n) is 7.02. The van der Waals surface area contributed by atoms with E-state index in [1.54, 1.807) is 0 Å². The Labute approximate surface area is 135 Å². The second kappa shape index (κ2) is 9.20. The quantitative estimate of drug-likeness (QED) is 0.554. The summed E-state index contributed by atoms with van der Waals surface area (Å²) in [5.41, 5.74) is -0.565. The lowest BCUT2D eigenvalue weighted by Crippen LogP contribution is -2.31. The van der Waals surface area contributed by atoms with Gasteiger partial charge in [-0.05, 0) is 30.6 Å². The maximum Gasteiger partial charge on any atom is 0.341 e. The number of hydrogen-bond acceptors (Lipinski definition) is 4. The van der Waals surface area contributed by atoms with Gasteiger partial charge in [0.15, 0.2) is 0 Å². The van der Waals surface area contributed by atoms with E-state index < -0.39 is 13.3 Å². The fraction of sp³-hybridized carbons (Fsp3) is 0.941. The van der Waals surface area contributed by atoms with Gasteiger partial charge >= 0.3 is 7.60 Å². The lowest BCUT2D eigenvalue weighted by molar-refractivity contribution is -0.121. The van der Waals surface area contributed by atoms with Crippen LogP contribution < -0.4 is 0 Å². The highest BCUT2D eigenvalue weighted by molar-refractivity contribution is 7.55. The number of hydrogen-bond donors (Lipinski definition) is 0. The van der Waals surface area contributed by atoms with Gasteiger partial charge in [-0.25, -0.2) is 0 Å². The van der Waals surface area contributed by atoms with Gasteiger partial charge < -0.3 is 9.05 Å². The van der Waals surface area contributed by atoms with Crippen LogP contribution >= 0.6 is 7.60 Å². The molecule has 0 aromatic carbocycles. The van der Waals surface area contributed by atoms with Gasteiger partial charge in [0.1, 0.15) is 11.4 Å². The first-order valence-corrected chi connectivity index (χ1v) is 10.3. The number of carbonyl (C=O) groups excluding carboxylic acids is 1. The van der Waals surface area contributed by atoms with Crippen molar-refractivity contribution in [2.75, 3.05) is 13.2 Å². The van der Waals surface area contributed by atoms with E-state index >= 15 is 0 Å². The molecule has 0 heterocycles. The summed E-state index contributed by atoms with van der Waals surface area (Å²) in [4.78, 5) is 12.3. The van der Waals surface area contributed by atoms with Gasteiger partial charge in [-0.3, -0.25) is 9.36 Å². The molecule has 0 aromatic rings. The number of ketones is 1. The van der Waals surface area contributed by atoms with Crippen LogP contribution in [0.2, 0.25) is 0 Å². The molecule has 0 radical (unpaired) electrons. The predicted molar refractivity (Wildman–Crippen MR) is 90.2 cm³/mol. The molecule has 130 valence electrons. The molecule has 22 heavy (non-hydrogen) atoms. The van der Waals surface area contributed by atoms with Crippen LogP contribution in [0.5, 0.6) is 0 Å². The zero-order valence-electron chi connectivity index (χ0n) is 14.8. The molecule has 2 unspecified atom stereocenters. The van der Waals surface area contributed by atoms with E-state index in [0.29, 0.717) is 43.8 Å². The maximum atomic E-state index is 13.3. The number of Topliss-reactive ketones (excluding diaryl/α,β-unsaturated/α-hetero) is 1. The average molecular weight is 332 g/mol. The largest absolute Gasteiger partial charge is 0.341 e. The normalized spacial score (nSPS) is 26.0. The van der Waals surface area contributed by atoms with Crippen molar-refractivity contribution in [2.24, 2.45) is 17.8 Å². The van der Waals surface area contributed by atoms with Gasteiger partial charge in [0, 0.05) is 6.42 Å². The Kier molecular flexibility index (Phi) is 8.31. The molecule has 0 aromatic heterocycles. The van der Waals surface area contributed by atoms with Crippen molar-refractivity contribution in [2.45, 2.75) is 72.4 Å². The van der Waals surface area contributed by atoms with E-state index in [-0.39, 0.29) is 5.78 Å². The lowest BCUT2D eigenvalue weighted by Gasteiger charge is -2.32.